The molecule has 3 aliphatic rings. The Morgan fingerprint density at radius 3 is 2.57 bits per heavy atom. The lowest BCUT2D eigenvalue weighted by Gasteiger charge is -2.38. The number of anilines is 1. The molecule has 7 atom stereocenters. The van der Waals surface area contributed by atoms with Crippen molar-refractivity contribution in [2.75, 3.05) is 18.5 Å². The van der Waals surface area contributed by atoms with E-state index in [9.17, 15) is 19.5 Å². The molecule has 3 N–H and O–H groups in total. The van der Waals surface area contributed by atoms with Crippen LogP contribution in [-0.4, -0.2) is 79.2 Å². The van der Waals surface area contributed by atoms with Crippen molar-refractivity contribution in [1.82, 2.24) is 25.2 Å². The van der Waals surface area contributed by atoms with Crippen LogP contribution in [0.2, 0.25) is 0 Å². The first-order valence-electron chi connectivity index (χ1n) is 15.3. The number of nitrogens with zero attached hydrogens (tertiary/aromatic N) is 4. The number of fused-ring (bicyclic) bond motifs is 2. The molecule has 44 heavy (non-hydrogen) atoms. The van der Waals surface area contributed by atoms with E-state index in [-0.39, 0.29) is 36.9 Å². The Hall–Kier alpha value is -4.03. The van der Waals surface area contributed by atoms with Crippen LogP contribution < -0.4 is 15.4 Å². The van der Waals surface area contributed by atoms with E-state index < -0.39 is 41.0 Å². The predicted octanol–water partition coefficient (Wildman–Crippen LogP) is 2.57. The third kappa shape index (κ3) is 4.54. The number of ether oxygens (including phenoxy) is 2. The minimum atomic E-state index is -1.25. The number of nitrogens with one attached hydrogen (secondary N) is 2. The van der Waals surface area contributed by atoms with Gasteiger partial charge in [0.1, 0.15) is 29.6 Å². The van der Waals surface area contributed by atoms with Gasteiger partial charge in [-0.25, -0.2) is 4.68 Å². The highest BCUT2D eigenvalue weighted by Crippen LogP contribution is 2.65. The molecule has 234 valence electrons. The maximum atomic E-state index is 14.5. The number of rotatable bonds is 10. The number of aliphatic hydroxyl groups is 1. The molecule has 1 spiro atoms. The van der Waals surface area contributed by atoms with Gasteiger partial charge in [-0.2, -0.15) is 0 Å². The molecule has 3 aliphatic heterocycles. The van der Waals surface area contributed by atoms with E-state index in [0.29, 0.717) is 30.0 Å². The molecule has 4 heterocycles. The zero-order valence-corrected chi connectivity index (χ0v) is 25.7. The van der Waals surface area contributed by atoms with Crippen molar-refractivity contribution in [3.05, 3.63) is 48.5 Å². The summed E-state index contributed by atoms with van der Waals surface area (Å²) in [4.78, 5) is 44.2. The van der Waals surface area contributed by atoms with Crippen LogP contribution in [0.4, 0.5) is 5.69 Å². The first kappa shape index (κ1) is 30.0. The van der Waals surface area contributed by atoms with Gasteiger partial charge in [0.25, 0.3) is 0 Å². The number of hydrogen-bond donors (Lipinski definition) is 3. The van der Waals surface area contributed by atoms with Crippen LogP contribution in [0.1, 0.15) is 41.0 Å². The second-order valence-corrected chi connectivity index (χ2v) is 12.7. The first-order valence-corrected chi connectivity index (χ1v) is 15.3. The van der Waals surface area contributed by atoms with E-state index in [2.05, 4.69) is 20.9 Å². The van der Waals surface area contributed by atoms with E-state index in [0.717, 1.165) is 5.52 Å². The fourth-order valence-electron chi connectivity index (χ4n) is 7.66. The molecule has 0 saturated carbocycles. The standard InChI is InChI=1S/C32H40N6O6/c1-6-43-21-13-11-20(12-14-21)34-28(40)25-26-30(42)38(24(16-39)18(2)3)27(32(26)15-19(4)31(25,5)44-32)29(41)33-17-37-23-10-8-7-9-22(23)35-36-37/h7-14,18-19,24-27,39H,6,15-17H2,1-5H3,(H,33,41)(H,34,40)/t19?,24-,25+,26-,27?,31-,32?/m0/s1. The Morgan fingerprint density at radius 1 is 1.16 bits per heavy atom. The van der Waals surface area contributed by atoms with Crippen LogP contribution in [0, 0.1) is 23.7 Å². The highest BCUT2D eigenvalue weighted by Gasteiger charge is 2.80. The summed E-state index contributed by atoms with van der Waals surface area (Å²) >= 11 is 0. The zero-order valence-electron chi connectivity index (χ0n) is 25.7. The lowest BCUT2D eigenvalue weighted by atomic mass is 9.62. The Labute approximate surface area is 256 Å². The fraction of sp³-hybridized carbons (Fsp3) is 0.531. The highest BCUT2D eigenvalue weighted by molar-refractivity contribution is 6.02. The van der Waals surface area contributed by atoms with E-state index in [1.165, 1.54) is 4.90 Å². The van der Waals surface area contributed by atoms with Gasteiger partial charge in [0.2, 0.25) is 17.7 Å². The van der Waals surface area contributed by atoms with Crippen molar-refractivity contribution < 1.29 is 29.0 Å². The maximum absolute atomic E-state index is 14.5. The number of aromatic nitrogens is 3. The molecule has 12 nitrogen and oxygen atoms in total. The lowest BCUT2D eigenvalue weighted by Crippen LogP contribution is -2.59. The molecule has 0 radical (unpaired) electrons. The van der Waals surface area contributed by atoms with Crippen molar-refractivity contribution in [2.24, 2.45) is 23.7 Å². The summed E-state index contributed by atoms with van der Waals surface area (Å²) in [6, 6.07) is 12.8. The van der Waals surface area contributed by atoms with Crippen LogP contribution >= 0.6 is 0 Å². The number of carbonyl (C=O) groups is 3. The number of likely N-dealkylation sites (tertiary alicyclic amines) is 1. The van der Waals surface area contributed by atoms with Crippen LogP contribution in [-0.2, 0) is 25.8 Å². The zero-order chi connectivity index (χ0) is 31.4. The summed E-state index contributed by atoms with van der Waals surface area (Å²) < 4.78 is 13.9. The second-order valence-electron chi connectivity index (χ2n) is 12.7. The number of amides is 3. The van der Waals surface area contributed by atoms with Gasteiger partial charge in [-0.3, -0.25) is 14.4 Å². The average Bonchev–Trinajstić information content (AvgIpc) is 3.67. The quantitative estimate of drug-likeness (QED) is 0.320. The molecule has 2 aromatic carbocycles. The molecule has 3 unspecified atom stereocenters. The smallest absolute Gasteiger partial charge is 0.247 e. The first-order chi connectivity index (χ1) is 21.1. The molecule has 2 bridgehead atoms. The Kier molecular flexibility index (Phi) is 7.61. The van der Waals surface area contributed by atoms with E-state index >= 15 is 0 Å². The van der Waals surface area contributed by atoms with Gasteiger partial charge in [0.15, 0.2) is 0 Å². The molecular weight excluding hydrogens is 564 g/mol. The van der Waals surface area contributed by atoms with Crippen LogP contribution in [0.5, 0.6) is 5.75 Å². The summed E-state index contributed by atoms with van der Waals surface area (Å²) in [5.41, 5.74) is -0.209. The van der Waals surface area contributed by atoms with Crippen LogP contribution in [0.15, 0.2) is 48.5 Å². The van der Waals surface area contributed by atoms with Gasteiger partial charge in [0.05, 0.1) is 42.2 Å². The monoisotopic (exact) mass is 604 g/mol. The molecule has 3 aromatic rings. The maximum Gasteiger partial charge on any atom is 0.247 e. The third-order valence-electron chi connectivity index (χ3n) is 9.85. The minimum absolute atomic E-state index is 0.0264. The Bertz CT molecular complexity index is 1570. The van der Waals surface area contributed by atoms with Gasteiger partial charge in [-0.1, -0.05) is 38.1 Å². The van der Waals surface area contributed by atoms with Gasteiger partial charge in [0, 0.05) is 5.69 Å². The van der Waals surface area contributed by atoms with E-state index in [4.69, 9.17) is 9.47 Å². The van der Waals surface area contributed by atoms with Crippen molar-refractivity contribution in [3.63, 3.8) is 0 Å². The molecule has 3 saturated heterocycles. The van der Waals surface area contributed by atoms with Gasteiger partial charge in [-0.05, 0) is 68.5 Å². The molecule has 12 heteroatoms. The highest BCUT2D eigenvalue weighted by atomic mass is 16.5. The third-order valence-corrected chi connectivity index (χ3v) is 9.85. The normalized spacial score (nSPS) is 29.7. The molecule has 1 aromatic heterocycles. The van der Waals surface area contributed by atoms with Crippen LogP contribution in [0.25, 0.3) is 11.0 Å². The number of benzene rings is 2. The fourth-order valence-corrected chi connectivity index (χ4v) is 7.66. The molecular formula is C32H40N6O6. The van der Waals surface area contributed by atoms with Crippen molar-refractivity contribution in [3.8, 4) is 5.75 Å². The van der Waals surface area contributed by atoms with Crippen molar-refractivity contribution >= 4 is 34.4 Å². The number of aliphatic hydroxyl groups excluding tert-OH is 1. The summed E-state index contributed by atoms with van der Waals surface area (Å²) in [5, 5.41) is 24.7. The van der Waals surface area contributed by atoms with Gasteiger partial charge < -0.3 is 30.1 Å². The summed E-state index contributed by atoms with van der Waals surface area (Å²) in [6.45, 7) is 9.78. The van der Waals surface area contributed by atoms with E-state index in [1.54, 1.807) is 28.9 Å². The summed E-state index contributed by atoms with van der Waals surface area (Å²) in [6.07, 6.45) is 0.420. The topological polar surface area (TPSA) is 148 Å². The Morgan fingerprint density at radius 2 is 1.89 bits per heavy atom. The number of para-hydroxylation sites is 1. The molecule has 0 aliphatic carbocycles. The summed E-state index contributed by atoms with van der Waals surface area (Å²) in [5.74, 6) is -2.47. The molecule has 6 rings (SSSR count). The van der Waals surface area contributed by atoms with Crippen molar-refractivity contribution in [1.29, 1.82) is 0 Å². The summed E-state index contributed by atoms with van der Waals surface area (Å²) in [7, 11) is 0. The van der Waals surface area contributed by atoms with Crippen molar-refractivity contribution in [2.45, 2.75) is 71.0 Å². The van der Waals surface area contributed by atoms with Crippen LogP contribution in [0.3, 0.4) is 0 Å². The number of hydrogen-bond acceptors (Lipinski definition) is 8. The molecule has 3 fully saturated rings. The Balaban J connectivity index is 1.34. The second kappa shape index (κ2) is 11.2. The van der Waals surface area contributed by atoms with Gasteiger partial charge >= 0.3 is 0 Å². The van der Waals surface area contributed by atoms with Gasteiger partial charge in [-0.15, -0.1) is 5.10 Å². The SMILES string of the molecule is CCOc1ccc(NC(=O)[C@H]2[C@H]3C(=O)N([C@@H](CO)C(C)C)C(C(=O)NCn4nnc5ccccc54)C34CC(C)[C@]2(C)O4)cc1. The molecule has 3 amide bonds. The van der Waals surface area contributed by atoms with E-state index in [1.807, 2.05) is 58.9 Å². The largest absolute Gasteiger partial charge is 0.494 e. The average molecular weight is 605 g/mol. The lowest BCUT2D eigenvalue weighted by molar-refractivity contribution is -0.151. The predicted molar refractivity (Wildman–Crippen MR) is 161 cm³/mol. The number of carbonyl (C=O) groups excluding carboxylic acids is 3. The minimum Gasteiger partial charge on any atom is -0.494 e.